The average molecular weight is 331 g/mol. The Labute approximate surface area is 141 Å². The van der Waals surface area contributed by atoms with E-state index in [4.69, 9.17) is 16.3 Å². The van der Waals surface area contributed by atoms with Crippen LogP contribution in [0.25, 0.3) is 0 Å². The second kappa shape index (κ2) is 7.02. The highest BCUT2D eigenvalue weighted by Crippen LogP contribution is 2.30. The number of carbonyl (C=O) groups excluding carboxylic acids is 1. The SMILES string of the molecule is Cc1ccccc1C(=O)Nc1cc(Cl)ccc1N1CCOCC1. The van der Waals surface area contributed by atoms with Crippen molar-refractivity contribution >= 4 is 28.9 Å². The van der Waals surface area contributed by atoms with Crippen molar-refractivity contribution in [3.63, 3.8) is 0 Å². The molecule has 1 fully saturated rings. The molecule has 2 aromatic carbocycles. The van der Waals surface area contributed by atoms with E-state index < -0.39 is 0 Å². The van der Waals surface area contributed by atoms with Crippen LogP contribution >= 0.6 is 11.6 Å². The van der Waals surface area contributed by atoms with Crippen molar-refractivity contribution < 1.29 is 9.53 Å². The monoisotopic (exact) mass is 330 g/mol. The van der Waals surface area contributed by atoms with Gasteiger partial charge in [0.1, 0.15) is 0 Å². The highest BCUT2D eigenvalue weighted by Gasteiger charge is 2.17. The lowest BCUT2D eigenvalue weighted by molar-refractivity contribution is 0.102. The van der Waals surface area contributed by atoms with Gasteiger partial charge in [0.2, 0.25) is 0 Å². The second-order valence-electron chi connectivity index (χ2n) is 5.53. The van der Waals surface area contributed by atoms with Crippen LogP contribution in [0.15, 0.2) is 42.5 Å². The second-order valence-corrected chi connectivity index (χ2v) is 5.97. The summed E-state index contributed by atoms with van der Waals surface area (Å²) in [6, 6.07) is 13.1. The van der Waals surface area contributed by atoms with Crippen molar-refractivity contribution in [1.82, 2.24) is 0 Å². The fourth-order valence-electron chi connectivity index (χ4n) is 2.71. The Morgan fingerprint density at radius 1 is 1.17 bits per heavy atom. The number of morpholine rings is 1. The van der Waals surface area contributed by atoms with Crippen LogP contribution in [0.4, 0.5) is 11.4 Å². The maximum Gasteiger partial charge on any atom is 0.255 e. The summed E-state index contributed by atoms with van der Waals surface area (Å²) in [6.07, 6.45) is 0. The van der Waals surface area contributed by atoms with E-state index in [0.717, 1.165) is 30.0 Å². The molecule has 0 bridgehead atoms. The third-order valence-corrected chi connectivity index (χ3v) is 4.18. The molecule has 0 spiro atoms. The van der Waals surface area contributed by atoms with E-state index in [2.05, 4.69) is 10.2 Å². The predicted octanol–water partition coefficient (Wildman–Crippen LogP) is 3.74. The largest absolute Gasteiger partial charge is 0.378 e. The third-order valence-electron chi connectivity index (χ3n) is 3.95. The lowest BCUT2D eigenvalue weighted by Crippen LogP contribution is -2.36. The van der Waals surface area contributed by atoms with Gasteiger partial charge in [-0.25, -0.2) is 0 Å². The first-order valence-electron chi connectivity index (χ1n) is 7.64. The topological polar surface area (TPSA) is 41.6 Å². The van der Waals surface area contributed by atoms with Gasteiger partial charge in [0.25, 0.3) is 5.91 Å². The molecule has 0 aromatic heterocycles. The number of aryl methyl sites for hydroxylation is 1. The Balaban J connectivity index is 1.88. The zero-order chi connectivity index (χ0) is 16.2. The Morgan fingerprint density at radius 2 is 1.91 bits per heavy atom. The fourth-order valence-corrected chi connectivity index (χ4v) is 2.88. The molecule has 1 N–H and O–H groups in total. The van der Waals surface area contributed by atoms with Crippen LogP contribution in [0.3, 0.4) is 0 Å². The fraction of sp³-hybridized carbons (Fsp3) is 0.278. The zero-order valence-electron chi connectivity index (χ0n) is 13.0. The number of rotatable bonds is 3. The standard InChI is InChI=1S/C18H19ClN2O2/c1-13-4-2-3-5-15(13)18(22)20-16-12-14(19)6-7-17(16)21-8-10-23-11-9-21/h2-7,12H,8-11H2,1H3,(H,20,22). The van der Waals surface area contributed by atoms with Crippen molar-refractivity contribution in [3.8, 4) is 0 Å². The van der Waals surface area contributed by atoms with Gasteiger partial charge in [-0.2, -0.15) is 0 Å². The van der Waals surface area contributed by atoms with Gasteiger partial charge in [0, 0.05) is 23.7 Å². The maximum absolute atomic E-state index is 12.6. The highest BCUT2D eigenvalue weighted by molar-refractivity contribution is 6.31. The molecular weight excluding hydrogens is 312 g/mol. The van der Waals surface area contributed by atoms with Gasteiger partial charge in [0.05, 0.1) is 24.6 Å². The quantitative estimate of drug-likeness (QED) is 0.932. The minimum absolute atomic E-state index is 0.125. The molecule has 0 unspecified atom stereocenters. The number of carbonyl (C=O) groups is 1. The van der Waals surface area contributed by atoms with Gasteiger partial charge in [-0.15, -0.1) is 0 Å². The molecule has 23 heavy (non-hydrogen) atoms. The van der Waals surface area contributed by atoms with Gasteiger partial charge < -0.3 is 15.0 Å². The summed E-state index contributed by atoms with van der Waals surface area (Å²) >= 11 is 6.12. The molecule has 1 amide bonds. The lowest BCUT2D eigenvalue weighted by atomic mass is 10.1. The summed E-state index contributed by atoms with van der Waals surface area (Å²) in [5.74, 6) is -0.125. The normalized spacial score (nSPS) is 14.6. The number of amides is 1. The zero-order valence-corrected chi connectivity index (χ0v) is 13.8. The smallest absolute Gasteiger partial charge is 0.255 e. The van der Waals surface area contributed by atoms with Crippen LogP contribution in [-0.4, -0.2) is 32.2 Å². The molecule has 3 rings (SSSR count). The minimum Gasteiger partial charge on any atom is -0.378 e. The first-order chi connectivity index (χ1) is 11.1. The molecule has 0 radical (unpaired) electrons. The number of halogens is 1. The molecule has 2 aromatic rings. The van der Waals surface area contributed by atoms with Gasteiger partial charge in [-0.3, -0.25) is 4.79 Å². The summed E-state index contributed by atoms with van der Waals surface area (Å²) in [4.78, 5) is 14.8. The van der Waals surface area contributed by atoms with E-state index in [1.165, 1.54) is 0 Å². The molecule has 0 atom stereocenters. The van der Waals surface area contributed by atoms with Crippen LogP contribution in [0.5, 0.6) is 0 Å². The predicted molar refractivity (Wildman–Crippen MR) is 93.6 cm³/mol. The van der Waals surface area contributed by atoms with Crippen molar-refractivity contribution in [2.24, 2.45) is 0 Å². The van der Waals surface area contributed by atoms with Crippen LogP contribution in [0, 0.1) is 6.92 Å². The number of ether oxygens (including phenoxy) is 1. The van der Waals surface area contributed by atoms with Gasteiger partial charge in [0.15, 0.2) is 0 Å². The Hall–Kier alpha value is -2.04. The van der Waals surface area contributed by atoms with Crippen molar-refractivity contribution in [1.29, 1.82) is 0 Å². The van der Waals surface area contributed by atoms with E-state index in [9.17, 15) is 4.79 Å². The summed E-state index contributed by atoms with van der Waals surface area (Å²) in [7, 11) is 0. The summed E-state index contributed by atoms with van der Waals surface area (Å²) < 4.78 is 5.40. The van der Waals surface area contributed by atoms with Crippen LogP contribution < -0.4 is 10.2 Å². The van der Waals surface area contributed by atoms with E-state index >= 15 is 0 Å². The van der Waals surface area contributed by atoms with Crippen molar-refractivity contribution in [2.75, 3.05) is 36.5 Å². The average Bonchev–Trinajstić information content (AvgIpc) is 2.56. The lowest BCUT2D eigenvalue weighted by Gasteiger charge is -2.30. The first kappa shape index (κ1) is 15.8. The maximum atomic E-state index is 12.6. The molecule has 1 aliphatic heterocycles. The minimum atomic E-state index is -0.125. The van der Waals surface area contributed by atoms with Crippen molar-refractivity contribution in [3.05, 3.63) is 58.6 Å². The molecule has 120 valence electrons. The Bertz CT molecular complexity index is 712. The molecule has 0 aliphatic carbocycles. The highest BCUT2D eigenvalue weighted by atomic mass is 35.5. The molecule has 1 saturated heterocycles. The molecule has 4 nitrogen and oxygen atoms in total. The summed E-state index contributed by atoms with van der Waals surface area (Å²) in [6.45, 7) is 4.90. The number of hydrogen-bond acceptors (Lipinski definition) is 3. The van der Waals surface area contributed by atoms with Gasteiger partial charge in [-0.05, 0) is 36.8 Å². The number of anilines is 2. The van der Waals surface area contributed by atoms with Crippen LogP contribution in [0.1, 0.15) is 15.9 Å². The molecule has 0 saturated carbocycles. The van der Waals surface area contributed by atoms with E-state index in [1.54, 1.807) is 6.07 Å². The molecule has 1 aliphatic rings. The van der Waals surface area contributed by atoms with E-state index in [1.807, 2.05) is 43.3 Å². The van der Waals surface area contributed by atoms with Crippen LogP contribution in [-0.2, 0) is 4.74 Å². The van der Waals surface area contributed by atoms with E-state index in [0.29, 0.717) is 23.8 Å². The number of benzene rings is 2. The molecule has 1 heterocycles. The van der Waals surface area contributed by atoms with Gasteiger partial charge in [-0.1, -0.05) is 29.8 Å². The van der Waals surface area contributed by atoms with Crippen LogP contribution in [0.2, 0.25) is 5.02 Å². The Kier molecular flexibility index (Phi) is 4.84. The summed E-state index contributed by atoms with van der Waals surface area (Å²) in [5.41, 5.74) is 3.31. The van der Waals surface area contributed by atoms with E-state index in [-0.39, 0.29) is 5.91 Å². The number of nitrogens with zero attached hydrogens (tertiary/aromatic N) is 1. The number of nitrogens with one attached hydrogen (secondary N) is 1. The number of hydrogen-bond donors (Lipinski definition) is 1. The third kappa shape index (κ3) is 3.66. The Morgan fingerprint density at radius 3 is 2.65 bits per heavy atom. The first-order valence-corrected chi connectivity index (χ1v) is 8.02. The van der Waals surface area contributed by atoms with Crippen molar-refractivity contribution in [2.45, 2.75) is 6.92 Å². The summed E-state index contributed by atoms with van der Waals surface area (Å²) in [5, 5.41) is 3.60. The van der Waals surface area contributed by atoms with Gasteiger partial charge >= 0.3 is 0 Å². The molecule has 5 heteroatoms. The molecular formula is C18H19ClN2O2.